The van der Waals surface area contributed by atoms with Crippen molar-refractivity contribution in [2.45, 2.75) is 13.3 Å². The first-order valence-electron chi connectivity index (χ1n) is 7.96. The van der Waals surface area contributed by atoms with Crippen molar-refractivity contribution in [2.24, 2.45) is 0 Å². The number of aromatic nitrogens is 2. The summed E-state index contributed by atoms with van der Waals surface area (Å²) in [7, 11) is 0. The van der Waals surface area contributed by atoms with Crippen LogP contribution < -0.4 is 14.8 Å². The van der Waals surface area contributed by atoms with Gasteiger partial charge in [0.1, 0.15) is 16.8 Å². The first-order chi connectivity index (χ1) is 12.7. The minimum absolute atomic E-state index is 0.0765. The van der Waals surface area contributed by atoms with Crippen LogP contribution in [-0.2, 0) is 6.42 Å². The number of aryl methyl sites for hydroxylation is 1. The molecule has 0 amide bonds. The summed E-state index contributed by atoms with van der Waals surface area (Å²) in [6, 6.07) is 14.9. The second-order valence-corrected chi connectivity index (χ2v) is 6.45. The predicted octanol–water partition coefficient (Wildman–Crippen LogP) is 1.88. The fourth-order valence-electron chi connectivity index (χ4n) is 2.63. The van der Waals surface area contributed by atoms with E-state index in [-0.39, 0.29) is 11.1 Å². The van der Waals surface area contributed by atoms with Crippen LogP contribution in [0.3, 0.4) is 0 Å². The van der Waals surface area contributed by atoms with Crippen molar-refractivity contribution in [3.63, 3.8) is 0 Å². The number of nitrogens with zero attached hydrogens (tertiary/aromatic N) is 4. The molecular formula is C20H14N4OS. The topological polar surface area (TPSA) is 82.5 Å². The third-order valence-electron chi connectivity index (χ3n) is 3.88. The molecule has 3 aromatic rings. The summed E-state index contributed by atoms with van der Waals surface area (Å²) in [6.07, 6.45) is 5.77. The quantitative estimate of drug-likeness (QED) is 0.716. The Morgan fingerprint density at radius 1 is 1.19 bits per heavy atom. The van der Waals surface area contributed by atoms with Crippen molar-refractivity contribution in [1.29, 1.82) is 10.5 Å². The van der Waals surface area contributed by atoms with Gasteiger partial charge in [-0.15, -0.1) is 11.3 Å². The zero-order valence-electron chi connectivity index (χ0n) is 14.0. The molecule has 0 bridgehead atoms. The van der Waals surface area contributed by atoms with E-state index in [4.69, 9.17) is 0 Å². The molecule has 0 aliphatic heterocycles. The fraction of sp³-hybridized carbons (Fsp3) is 0.100. The Labute approximate surface area is 154 Å². The molecule has 0 saturated carbocycles. The molecule has 0 N–H and O–H groups in total. The van der Waals surface area contributed by atoms with Crippen LogP contribution in [0.15, 0.2) is 53.6 Å². The summed E-state index contributed by atoms with van der Waals surface area (Å²) in [5, 5.41) is 18.7. The lowest BCUT2D eigenvalue weighted by atomic mass is 10.1. The van der Waals surface area contributed by atoms with Gasteiger partial charge in [-0.25, -0.2) is 0 Å². The molecule has 2 heterocycles. The van der Waals surface area contributed by atoms with Gasteiger partial charge in [-0.1, -0.05) is 25.1 Å². The molecule has 5 nitrogen and oxygen atoms in total. The molecule has 26 heavy (non-hydrogen) atoms. The van der Waals surface area contributed by atoms with E-state index in [0.29, 0.717) is 14.9 Å². The summed E-state index contributed by atoms with van der Waals surface area (Å²) >= 11 is 1.14. The number of rotatable bonds is 3. The lowest BCUT2D eigenvalue weighted by Gasteiger charge is -2.08. The number of para-hydroxylation sites is 1. The molecule has 0 aliphatic carbocycles. The van der Waals surface area contributed by atoms with Gasteiger partial charge in [-0.2, -0.15) is 10.5 Å². The van der Waals surface area contributed by atoms with Crippen molar-refractivity contribution in [1.82, 2.24) is 9.55 Å². The zero-order valence-corrected chi connectivity index (χ0v) is 14.8. The molecule has 0 aliphatic rings. The Morgan fingerprint density at radius 2 is 1.88 bits per heavy atom. The number of thiazole rings is 1. The second-order valence-electron chi connectivity index (χ2n) is 5.42. The Hall–Kier alpha value is -3.48. The number of hydrogen-bond acceptors (Lipinski definition) is 5. The highest BCUT2D eigenvalue weighted by molar-refractivity contribution is 7.07. The predicted molar refractivity (Wildman–Crippen MR) is 101 cm³/mol. The van der Waals surface area contributed by atoms with Crippen LogP contribution in [0.1, 0.15) is 18.1 Å². The van der Waals surface area contributed by atoms with Gasteiger partial charge in [0, 0.05) is 12.4 Å². The minimum atomic E-state index is -0.245. The molecule has 0 fully saturated rings. The van der Waals surface area contributed by atoms with Gasteiger partial charge in [0.05, 0.1) is 10.2 Å². The Kier molecular flexibility index (Phi) is 5.07. The van der Waals surface area contributed by atoms with Gasteiger partial charge in [0.15, 0.2) is 5.57 Å². The second kappa shape index (κ2) is 7.60. The number of hydrogen-bond donors (Lipinski definition) is 0. The van der Waals surface area contributed by atoms with Crippen LogP contribution in [-0.4, -0.2) is 9.55 Å². The van der Waals surface area contributed by atoms with E-state index < -0.39 is 0 Å². The van der Waals surface area contributed by atoms with Gasteiger partial charge >= 0.3 is 0 Å². The maximum absolute atomic E-state index is 13.1. The lowest BCUT2D eigenvalue weighted by Crippen LogP contribution is -2.31. The smallest absolute Gasteiger partial charge is 0.267 e. The molecular weight excluding hydrogens is 344 g/mol. The largest absolute Gasteiger partial charge is 0.273 e. The molecule has 0 spiro atoms. The SMILES string of the molecule is CCc1ccccc1-n1c(=C(C#N)C#N)s/c(=C/c2ccncc2)c1=O. The van der Waals surface area contributed by atoms with Crippen molar-refractivity contribution in [3.8, 4) is 17.8 Å². The molecule has 0 atom stereocenters. The normalized spacial score (nSPS) is 11.0. The van der Waals surface area contributed by atoms with Crippen LogP contribution >= 0.6 is 11.3 Å². The molecule has 6 heteroatoms. The Balaban J connectivity index is 2.44. The highest BCUT2D eigenvalue weighted by Crippen LogP contribution is 2.12. The van der Waals surface area contributed by atoms with E-state index in [1.165, 1.54) is 4.57 Å². The molecule has 2 aromatic heterocycles. The average molecular weight is 358 g/mol. The van der Waals surface area contributed by atoms with Crippen molar-refractivity contribution in [3.05, 3.63) is 79.5 Å². The third kappa shape index (κ3) is 3.19. The molecule has 0 saturated heterocycles. The highest BCUT2D eigenvalue weighted by atomic mass is 32.1. The monoisotopic (exact) mass is 358 g/mol. The molecule has 0 unspecified atom stereocenters. The van der Waals surface area contributed by atoms with Crippen LogP contribution in [0.4, 0.5) is 0 Å². The van der Waals surface area contributed by atoms with E-state index >= 15 is 0 Å². The molecule has 3 rings (SSSR count). The zero-order chi connectivity index (χ0) is 18.5. The first-order valence-corrected chi connectivity index (χ1v) is 8.77. The van der Waals surface area contributed by atoms with Crippen molar-refractivity contribution >= 4 is 23.0 Å². The maximum Gasteiger partial charge on any atom is 0.273 e. The highest BCUT2D eigenvalue weighted by Gasteiger charge is 2.13. The Bertz CT molecular complexity index is 1190. The standard InChI is InChI=1S/C20H14N4OS/c1-2-15-5-3-4-6-17(15)24-19(25)18(11-14-7-9-23-10-8-14)26-20(24)16(12-21)13-22/h3-11H,2H2,1H3/b18-11+. The van der Waals surface area contributed by atoms with E-state index in [2.05, 4.69) is 4.98 Å². The Morgan fingerprint density at radius 3 is 2.54 bits per heavy atom. The van der Waals surface area contributed by atoms with E-state index in [9.17, 15) is 15.3 Å². The minimum Gasteiger partial charge on any atom is -0.267 e. The van der Waals surface area contributed by atoms with Gasteiger partial charge in [-0.05, 0) is 41.8 Å². The van der Waals surface area contributed by atoms with Crippen molar-refractivity contribution in [2.75, 3.05) is 0 Å². The van der Waals surface area contributed by atoms with Gasteiger partial charge < -0.3 is 0 Å². The third-order valence-corrected chi connectivity index (χ3v) is 4.97. The fourth-order valence-corrected chi connectivity index (χ4v) is 3.68. The molecule has 126 valence electrons. The van der Waals surface area contributed by atoms with Crippen LogP contribution in [0, 0.1) is 22.7 Å². The van der Waals surface area contributed by atoms with Crippen molar-refractivity contribution < 1.29 is 0 Å². The summed E-state index contributed by atoms with van der Waals surface area (Å²) in [5.41, 5.74) is 2.18. The lowest BCUT2D eigenvalue weighted by molar-refractivity contribution is 0.953. The van der Waals surface area contributed by atoms with E-state index in [1.807, 2.05) is 43.3 Å². The summed E-state index contributed by atoms with van der Waals surface area (Å²) < 4.78 is 2.28. The van der Waals surface area contributed by atoms with E-state index in [0.717, 1.165) is 28.9 Å². The van der Waals surface area contributed by atoms with E-state index in [1.54, 1.807) is 30.6 Å². The van der Waals surface area contributed by atoms with Crippen LogP contribution in [0.2, 0.25) is 0 Å². The summed E-state index contributed by atoms with van der Waals surface area (Å²) in [4.78, 5) is 17.1. The summed E-state index contributed by atoms with van der Waals surface area (Å²) in [6.45, 7) is 2.00. The van der Waals surface area contributed by atoms with Crippen LogP contribution in [0.25, 0.3) is 17.3 Å². The van der Waals surface area contributed by atoms with Gasteiger partial charge in [-0.3, -0.25) is 14.3 Å². The molecule has 1 aromatic carbocycles. The number of benzene rings is 1. The van der Waals surface area contributed by atoms with Crippen LogP contribution in [0.5, 0.6) is 0 Å². The number of nitriles is 2. The first kappa shape index (κ1) is 17.3. The average Bonchev–Trinajstić information content (AvgIpc) is 2.99. The van der Waals surface area contributed by atoms with Gasteiger partial charge in [0.2, 0.25) is 0 Å². The molecule has 0 radical (unpaired) electrons. The number of pyridine rings is 1. The summed E-state index contributed by atoms with van der Waals surface area (Å²) in [5.74, 6) is 0. The van der Waals surface area contributed by atoms with Gasteiger partial charge in [0.25, 0.3) is 5.56 Å². The maximum atomic E-state index is 13.1.